The average molecular weight is 372 g/mol. The van der Waals surface area contributed by atoms with Gasteiger partial charge in [0.05, 0.1) is 13.5 Å². The molecular formula is C20H24N2O3S. The SMILES string of the molecule is COc1ccc(CNC(=O)C2CCN(C(=O)Cc3cccs3)CC2)cc1. The van der Waals surface area contributed by atoms with Crippen molar-refractivity contribution in [2.24, 2.45) is 5.92 Å². The number of carbonyl (C=O) groups excluding carboxylic acids is 2. The summed E-state index contributed by atoms with van der Waals surface area (Å²) in [5.41, 5.74) is 1.04. The van der Waals surface area contributed by atoms with E-state index in [-0.39, 0.29) is 17.7 Å². The Bertz CT molecular complexity index is 720. The number of nitrogens with one attached hydrogen (secondary N) is 1. The molecule has 2 aromatic rings. The number of benzene rings is 1. The van der Waals surface area contributed by atoms with Crippen molar-refractivity contribution < 1.29 is 14.3 Å². The van der Waals surface area contributed by atoms with Crippen molar-refractivity contribution in [3.05, 3.63) is 52.2 Å². The van der Waals surface area contributed by atoms with Gasteiger partial charge in [0.1, 0.15) is 5.75 Å². The Balaban J connectivity index is 1.42. The molecule has 0 bridgehead atoms. The van der Waals surface area contributed by atoms with E-state index in [4.69, 9.17) is 4.74 Å². The Morgan fingerprint density at radius 2 is 1.92 bits per heavy atom. The minimum atomic E-state index is -0.0148. The molecule has 0 radical (unpaired) electrons. The highest BCUT2D eigenvalue weighted by Gasteiger charge is 2.27. The zero-order chi connectivity index (χ0) is 18.4. The van der Waals surface area contributed by atoms with Gasteiger partial charge in [0.15, 0.2) is 0 Å². The third-order valence-corrected chi connectivity index (χ3v) is 5.63. The molecule has 1 aliphatic rings. The van der Waals surface area contributed by atoms with Crippen molar-refractivity contribution in [1.29, 1.82) is 0 Å². The van der Waals surface area contributed by atoms with Crippen LogP contribution in [0, 0.1) is 5.92 Å². The molecule has 0 saturated carbocycles. The Morgan fingerprint density at radius 1 is 1.19 bits per heavy atom. The van der Waals surface area contributed by atoms with Crippen LogP contribution in [-0.2, 0) is 22.6 Å². The zero-order valence-corrected chi connectivity index (χ0v) is 15.8. The zero-order valence-electron chi connectivity index (χ0n) is 14.9. The first kappa shape index (κ1) is 18.5. The van der Waals surface area contributed by atoms with Gasteiger partial charge in [-0.1, -0.05) is 18.2 Å². The van der Waals surface area contributed by atoms with Crippen LogP contribution in [0.1, 0.15) is 23.3 Å². The molecule has 1 N–H and O–H groups in total. The van der Waals surface area contributed by atoms with Gasteiger partial charge in [0, 0.05) is 30.4 Å². The number of carbonyl (C=O) groups is 2. The molecule has 1 aromatic carbocycles. The molecule has 0 spiro atoms. The van der Waals surface area contributed by atoms with Gasteiger partial charge in [-0.05, 0) is 42.0 Å². The number of amides is 2. The number of methoxy groups -OCH3 is 1. The summed E-state index contributed by atoms with van der Waals surface area (Å²) in [6.45, 7) is 1.83. The summed E-state index contributed by atoms with van der Waals surface area (Å²) in [5.74, 6) is 1.02. The Labute approximate surface area is 158 Å². The van der Waals surface area contributed by atoms with E-state index in [2.05, 4.69) is 5.32 Å². The Morgan fingerprint density at radius 3 is 2.54 bits per heavy atom. The van der Waals surface area contributed by atoms with Crippen LogP contribution in [0.4, 0.5) is 0 Å². The summed E-state index contributed by atoms with van der Waals surface area (Å²) in [5, 5.41) is 4.99. The molecule has 0 unspecified atom stereocenters. The lowest BCUT2D eigenvalue weighted by molar-refractivity contribution is -0.135. The molecule has 2 heterocycles. The summed E-state index contributed by atoms with van der Waals surface area (Å²) >= 11 is 1.61. The maximum Gasteiger partial charge on any atom is 0.227 e. The summed E-state index contributed by atoms with van der Waals surface area (Å²) in [7, 11) is 1.63. The van der Waals surface area contributed by atoms with Gasteiger partial charge >= 0.3 is 0 Å². The fourth-order valence-corrected chi connectivity index (χ4v) is 3.84. The lowest BCUT2D eigenvalue weighted by Crippen LogP contribution is -2.43. The van der Waals surface area contributed by atoms with E-state index in [0.29, 0.717) is 26.1 Å². The molecule has 0 aliphatic carbocycles. The maximum absolute atomic E-state index is 12.4. The molecule has 138 valence electrons. The van der Waals surface area contributed by atoms with Crippen molar-refractivity contribution in [2.75, 3.05) is 20.2 Å². The molecule has 0 atom stereocenters. The number of ether oxygens (including phenoxy) is 1. The lowest BCUT2D eigenvalue weighted by atomic mass is 9.95. The van der Waals surface area contributed by atoms with Crippen LogP contribution in [0.15, 0.2) is 41.8 Å². The Hall–Kier alpha value is -2.34. The van der Waals surface area contributed by atoms with E-state index >= 15 is 0 Å². The third kappa shape index (κ3) is 4.85. The first-order chi connectivity index (χ1) is 12.7. The molecule has 6 heteroatoms. The van der Waals surface area contributed by atoms with E-state index in [0.717, 1.165) is 29.0 Å². The first-order valence-corrected chi connectivity index (χ1v) is 9.74. The van der Waals surface area contributed by atoms with Crippen molar-refractivity contribution in [2.45, 2.75) is 25.8 Å². The first-order valence-electron chi connectivity index (χ1n) is 8.86. The molecule has 5 nitrogen and oxygen atoms in total. The van der Waals surface area contributed by atoms with E-state index in [1.54, 1.807) is 18.4 Å². The summed E-state index contributed by atoms with van der Waals surface area (Å²) < 4.78 is 5.13. The molecule has 1 saturated heterocycles. The van der Waals surface area contributed by atoms with Gasteiger partial charge in [-0.25, -0.2) is 0 Å². The molecule has 1 aromatic heterocycles. The van der Waals surface area contributed by atoms with Crippen LogP contribution in [0.5, 0.6) is 5.75 Å². The topological polar surface area (TPSA) is 58.6 Å². The van der Waals surface area contributed by atoms with Crippen LogP contribution in [-0.4, -0.2) is 36.9 Å². The summed E-state index contributed by atoms with van der Waals surface area (Å²) in [6.07, 6.45) is 1.92. The number of piperidine rings is 1. The molecule has 26 heavy (non-hydrogen) atoms. The van der Waals surface area contributed by atoms with Crippen molar-refractivity contribution >= 4 is 23.2 Å². The summed E-state index contributed by atoms with van der Waals surface area (Å²) in [6, 6.07) is 11.6. The number of likely N-dealkylation sites (tertiary alicyclic amines) is 1. The minimum Gasteiger partial charge on any atom is -0.497 e. The third-order valence-electron chi connectivity index (χ3n) is 4.75. The average Bonchev–Trinajstić information content (AvgIpc) is 3.19. The van der Waals surface area contributed by atoms with Crippen molar-refractivity contribution in [3.63, 3.8) is 0 Å². The predicted octanol–water partition coefficient (Wildman–Crippen LogP) is 2.85. The standard InChI is InChI=1S/C20H24N2O3S/c1-25-17-6-4-15(5-7-17)14-21-20(24)16-8-10-22(11-9-16)19(23)13-18-3-2-12-26-18/h2-7,12,16H,8-11,13-14H2,1H3,(H,21,24). The Kier molecular flexibility index (Phi) is 6.28. The number of rotatable bonds is 6. The van der Waals surface area contributed by atoms with Crippen LogP contribution in [0.3, 0.4) is 0 Å². The highest BCUT2D eigenvalue weighted by Crippen LogP contribution is 2.20. The van der Waals surface area contributed by atoms with Crippen LogP contribution in [0.25, 0.3) is 0 Å². The van der Waals surface area contributed by atoms with Gasteiger partial charge in [-0.15, -0.1) is 11.3 Å². The lowest BCUT2D eigenvalue weighted by Gasteiger charge is -2.31. The van der Waals surface area contributed by atoms with E-state index < -0.39 is 0 Å². The second-order valence-electron chi connectivity index (χ2n) is 6.48. The predicted molar refractivity (Wildman–Crippen MR) is 102 cm³/mol. The second kappa shape index (κ2) is 8.85. The minimum absolute atomic E-state index is 0.0148. The monoisotopic (exact) mass is 372 g/mol. The largest absolute Gasteiger partial charge is 0.497 e. The number of hydrogen-bond acceptors (Lipinski definition) is 4. The highest BCUT2D eigenvalue weighted by molar-refractivity contribution is 7.10. The van der Waals surface area contributed by atoms with Gasteiger partial charge in [0.25, 0.3) is 0 Å². The number of hydrogen-bond donors (Lipinski definition) is 1. The fourth-order valence-electron chi connectivity index (χ4n) is 3.14. The molecule has 2 amide bonds. The van der Waals surface area contributed by atoms with E-state index in [1.807, 2.05) is 46.7 Å². The van der Waals surface area contributed by atoms with Crippen LogP contribution < -0.4 is 10.1 Å². The molecule has 3 rings (SSSR count). The van der Waals surface area contributed by atoms with Crippen molar-refractivity contribution in [1.82, 2.24) is 10.2 Å². The molecule has 1 fully saturated rings. The smallest absolute Gasteiger partial charge is 0.227 e. The van der Waals surface area contributed by atoms with Gasteiger partial charge < -0.3 is 15.0 Å². The number of nitrogens with zero attached hydrogens (tertiary/aromatic N) is 1. The maximum atomic E-state index is 12.4. The highest BCUT2D eigenvalue weighted by atomic mass is 32.1. The van der Waals surface area contributed by atoms with Gasteiger partial charge in [0.2, 0.25) is 11.8 Å². The van der Waals surface area contributed by atoms with Crippen LogP contribution in [0.2, 0.25) is 0 Å². The van der Waals surface area contributed by atoms with E-state index in [1.165, 1.54) is 0 Å². The van der Waals surface area contributed by atoms with Crippen LogP contribution >= 0.6 is 11.3 Å². The van der Waals surface area contributed by atoms with Crippen molar-refractivity contribution in [3.8, 4) is 5.75 Å². The second-order valence-corrected chi connectivity index (χ2v) is 7.51. The molecular weight excluding hydrogens is 348 g/mol. The number of thiophene rings is 1. The molecule has 1 aliphatic heterocycles. The quantitative estimate of drug-likeness (QED) is 0.848. The van der Waals surface area contributed by atoms with Gasteiger partial charge in [-0.3, -0.25) is 9.59 Å². The normalized spacial score (nSPS) is 14.9. The van der Waals surface area contributed by atoms with Gasteiger partial charge in [-0.2, -0.15) is 0 Å². The summed E-state index contributed by atoms with van der Waals surface area (Å²) in [4.78, 5) is 27.7. The fraction of sp³-hybridized carbons (Fsp3) is 0.400. The van der Waals surface area contributed by atoms with E-state index in [9.17, 15) is 9.59 Å².